The largest absolute Gasteiger partial charge is 0.488 e. The number of hydrogen-bond donors (Lipinski definition) is 1. The van der Waals surface area contributed by atoms with Crippen LogP contribution in [-0.2, 0) is 22.7 Å². The Bertz CT molecular complexity index is 1300. The summed E-state index contributed by atoms with van der Waals surface area (Å²) in [6.07, 6.45) is 3.18. The summed E-state index contributed by atoms with van der Waals surface area (Å²) in [5.41, 5.74) is 6.36. The number of nitrogens with zero attached hydrogens (tertiary/aromatic N) is 3. The summed E-state index contributed by atoms with van der Waals surface area (Å²) in [4.78, 5) is 28.1. The Balaban J connectivity index is 1.35. The molecule has 0 saturated carbocycles. The van der Waals surface area contributed by atoms with Crippen LogP contribution in [0.25, 0.3) is 11.0 Å². The average Bonchev–Trinajstić information content (AvgIpc) is 3.26. The molecule has 0 spiro atoms. The minimum atomic E-state index is -0.382. The lowest BCUT2D eigenvalue weighted by molar-refractivity contribution is -0.121. The first-order valence-corrected chi connectivity index (χ1v) is 10.2. The zero-order chi connectivity index (χ0) is 23.0. The molecule has 0 saturated heterocycles. The Morgan fingerprint density at radius 2 is 1.79 bits per heavy atom. The fraction of sp³-hybridized carbons (Fsp3) is 0.120. The van der Waals surface area contributed by atoms with Crippen LogP contribution in [0, 0.1) is 0 Å². The lowest BCUT2D eigenvalue weighted by Crippen LogP contribution is -2.22. The molecule has 0 fully saturated rings. The van der Waals surface area contributed by atoms with Gasteiger partial charge < -0.3 is 14.0 Å². The SMILES string of the molecule is COC(=O)c1ccc(COc2ccccc2C=NNC(=O)Cn2cnc3ccccc32)cc1. The molecule has 33 heavy (non-hydrogen) atoms. The number of hydrazone groups is 1. The molecule has 166 valence electrons. The second kappa shape index (κ2) is 10.2. The van der Waals surface area contributed by atoms with E-state index in [0.717, 1.165) is 22.2 Å². The highest BCUT2D eigenvalue weighted by Crippen LogP contribution is 2.18. The summed E-state index contributed by atoms with van der Waals surface area (Å²) < 4.78 is 12.4. The first-order chi connectivity index (χ1) is 16.1. The summed E-state index contributed by atoms with van der Waals surface area (Å²) in [6, 6.07) is 22.0. The van der Waals surface area contributed by atoms with Crippen molar-refractivity contribution in [2.75, 3.05) is 7.11 Å². The summed E-state index contributed by atoms with van der Waals surface area (Å²) >= 11 is 0. The van der Waals surface area contributed by atoms with Crippen LogP contribution in [0.4, 0.5) is 0 Å². The Labute approximate surface area is 190 Å². The van der Waals surface area contributed by atoms with Crippen LogP contribution in [0.2, 0.25) is 0 Å². The van der Waals surface area contributed by atoms with Crippen molar-refractivity contribution in [1.29, 1.82) is 0 Å². The van der Waals surface area contributed by atoms with E-state index in [4.69, 9.17) is 9.47 Å². The number of fused-ring (bicyclic) bond motifs is 1. The van der Waals surface area contributed by atoms with Gasteiger partial charge in [-0.1, -0.05) is 36.4 Å². The lowest BCUT2D eigenvalue weighted by Gasteiger charge is -2.09. The third-order valence-electron chi connectivity index (χ3n) is 4.92. The highest BCUT2D eigenvalue weighted by molar-refractivity contribution is 5.89. The van der Waals surface area contributed by atoms with E-state index in [-0.39, 0.29) is 18.4 Å². The number of imidazole rings is 1. The van der Waals surface area contributed by atoms with Crippen molar-refractivity contribution in [2.24, 2.45) is 5.10 Å². The third-order valence-corrected chi connectivity index (χ3v) is 4.92. The zero-order valence-corrected chi connectivity index (χ0v) is 18.0. The summed E-state index contributed by atoms with van der Waals surface area (Å²) in [5, 5.41) is 4.07. The van der Waals surface area contributed by atoms with Gasteiger partial charge in [-0.15, -0.1) is 0 Å². The van der Waals surface area contributed by atoms with Gasteiger partial charge >= 0.3 is 5.97 Å². The molecule has 0 bridgehead atoms. The first kappa shape index (κ1) is 21.8. The topological polar surface area (TPSA) is 94.8 Å². The molecular weight excluding hydrogens is 420 g/mol. The predicted molar refractivity (Wildman–Crippen MR) is 124 cm³/mol. The predicted octanol–water partition coefficient (Wildman–Crippen LogP) is 3.55. The molecule has 0 aliphatic rings. The van der Waals surface area contributed by atoms with Crippen LogP contribution < -0.4 is 10.2 Å². The number of para-hydroxylation sites is 3. The number of rotatable bonds is 8. The van der Waals surface area contributed by atoms with Crippen LogP contribution in [0.3, 0.4) is 0 Å². The number of esters is 1. The number of benzene rings is 3. The molecule has 8 heteroatoms. The molecule has 3 aromatic carbocycles. The lowest BCUT2D eigenvalue weighted by atomic mass is 10.1. The Kier molecular flexibility index (Phi) is 6.75. The fourth-order valence-electron chi connectivity index (χ4n) is 3.23. The number of hydrogen-bond acceptors (Lipinski definition) is 6. The molecule has 1 N–H and O–H groups in total. The molecule has 8 nitrogen and oxygen atoms in total. The second-order valence-corrected chi connectivity index (χ2v) is 7.17. The summed E-state index contributed by atoms with van der Waals surface area (Å²) in [6.45, 7) is 0.421. The maximum Gasteiger partial charge on any atom is 0.337 e. The van der Waals surface area contributed by atoms with E-state index < -0.39 is 0 Å². The van der Waals surface area contributed by atoms with Gasteiger partial charge in [0.05, 0.1) is 36.2 Å². The maximum absolute atomic E-state index is 12.3. The van der Waals surface area contributed by atoms with Gasteiger partial charge in [0.2, 0.25) is 0 Å². The monoisotopic (exact) mass is 442 g/mol. The van der Waals surface area contributed by atoms with Gasteiger partial charge in [-0.05, 0) is 42.0 Å². The van der Waals surface area contributed by atoms with Crippen molar-refractivity contribution < 1.29 is 19.1 Å². The van der Waals surface area contributed by atoms with E-state index in [9.17, 15) is 9.59 Å². The highest BCUT2D eigenvalue weighted by Gasteiger charge is 2.07. The molecule has 1 amide bonds. The van der Waals surface area contributed by atoms with Gasteiger partial charge in [0.25, 0.3) is 5.91 Å². The van der Waals surface area contributed by atoms with E-state index in [2.05, 4.69) is 15.5 Å². The Morgan fingerprint density at radius 3 is 2.61 bits per heavy atom. The van der Waals surface area contributed by atoms with Gasteiger partial charge in [-0.25, -0.2) is 15.2 Å². The van der Waals surface area contributed by atoms with Crippen LogP contribution in [0.15, 0.2) is 84.2 Å². The first-order valence-electron chi connectivity index (χ1n) is 10.2. The van der Waals surface area contributed by atoms with E-state index in [1.807, 2.05) is 60.7 Å². The number of aromatic nitrogens is 2. The van der Waals surface area contributed by atoms with E-state index in [1.54, 1.807) is 29.2 Å². The number of carbonyl (C=O) groups is 2. The van der Waals surface area contributed by atoms with Gasteiger partial charge in [-0.3, -0.25) is 4.79 Å². The number of carbonyl (C=O) groups excluding carboxylic acids is 2. The molecule has 0 unspecified atom stereocenters. The van der Waals surface area contributed by atoms with Crippen molar-refractivity contribution in [3.8, 4) is 5.75 Å². The Hall–Kier alpha value is -4.46. The highest BCUT2D eigenvalue weighted by atomic mass is 16.5. The standard InChI is InChI=1S/C25H22N4O4/c1-32-25(31)19-12-10-18(11-13-19)16-33-23-9-5-2-6-20(23)14-27-28-24(30)15-29-17-26-21-7-3-4-8-22(21)29/h2-14,17H,15-16H2,1H3,(H,28,30). The van der Waals surface area contributed by atoms with E-state index in [1.165, 1.54) is 7.11 Å². The van der Waals surface area contributed by atoms with Gasteiger partial charge in [0.1, 0.15) is 18.9 Å². The maximum atomic E-state index is 12.3. The summed E-state index contributed by atoms with van der Waals surface area (Å²) in [7, 11) is 1.35. The smallest absolute Gasteiger partial charge is 0.337 e. The number of nitrogens with one attached hydrogen (secondary N) is 1. The van der Waals surface area contributed by atoms with E-state index >= 15 is 0 Å². The molecule has 1 aromatic heterocycles. The molecule has 4 aromatic rings. The number of methoxy groups -OCH3 is 1. The molecule has 1 heterocycles. The van der Waals surface area contributed by atoms with Gasteiger partial charge in [0.15, 0.2) is 0 Å². The van der Waals surface area contributed by atoms with Gasteiger partial charge in [0, 0.05) is 5.56 Å². The normalized spacial score (nSPS) is 10.9. The third kappa shape index (κ3) is 5.43. The van der Waals surface area contributed by atoms with Crippen molar-refractivity contribution in [1.82, 2.24) is 15.0 Å². The molecule has 0 aliphatic heterocycles. The van der Waals surface area contributed by atoms with Crippen molar-refractivity contribution in [3.63, 3.8) is 0 Å². The second-order valence-electron chi connectivity index (χ2n) is 7.17. The zero-order valence-electron chi connectivity index (χ0n) is 18.0. The van der Waals surface area contributed by atoms with Gasteiger partial charge in [-0.2, -0.15) is 5.10 Å². The fourth-order valence-corrected chi connectivity index (χ4v) is 3.23. The minimum Gasteiger partial charge on any atom is -0.488 e. The Morgan fingerprint density at radius 1 is 1.03 bits per heavy atom. The molecule has 4 rings (SSSR count). The summed E-state index contributed by atoms with van der Waals surface area (Å²) in [5.74, 6) is -0.0288. The van der Waals surface area contributed by atoms with Crippen LogP contribution >= 0.6 is 0 Å². The average molecular weight is 442 g/mol. The quantitative estimate of drug-likeness (QED) is 0.256. The van der Waals surface area contributed by atoms with Crippen molar-refractivity contribution >= 4 is 29.1 Å². The molecule has 0 atom stereocenters. The number of amides is 1. The van der Waals surface area contributed by atoms with Crippen molar-refractivity contribution in [2.45, 2.75) is 13.2 Å². The molecule has 0 radical (unpaired) electrons. The molecular formula is C25H22N4O4. The minimum absolute atomic E-state index is 0.109. The van der Waals surface area contributed by atoms with Crippen molar-refractivity contribution in [3.05, 3.63) is 95.8 Å². The van der Waals surface area contributed by atoms with Crippen LogP contribution in [0.1, 0.15) is 21.5 Å². The number of ether oxygens (including phenoxy) is 2. The molecule has 0 aliphatic carbocycles. The van der Waals surface area contributed by atoms with E-state index in [0.29, 0.717) is 17.9 Å². The van der Waals surface area contributed by atoms with Crippen LogP contribution in [-0.4, -0.2) is 34.8 Å². The van der Waals surface area contributed by atoms with Crippen LogP contribution in [0.5, 0.6) is 5.75 Å².